The van der Waals surface area contributed by atoms with Crippen LogP contribution in [0.1, 0.15) is 64.9 Å². The summed E-state index contributed by atoms with van der Waals surface area (Å²) in [6.45, 7) is 7.86. The smallest absolute Gasteiger partial charge is 0.311 e. The fourth-order valence-electron chi connectivity index (χ4n) is 2.47. The number of unbranched alkanes of at least 4 members (excludes halogenated alkanes) is 1. The largest absolute Gasteiger partial charge is 0.420 e. The summed E-state index contributed by atoms with van der Waals surface area (Å²) in [7, 11) is 0. The molecule has 0 atom stereocenters. The van der Waals surface area contributed by atoms with E-state index in [4.69, 9.17) is 0 Å². The number of rotatable bonds is 9. The van der Waals surface area contributed by atoms with Gasteiger partial charge in [0.2, 0.25) is 17.5 Å². The van der Waals surface area contributed by atoms with Crippen molar-refractivity contribution in [3.8, 4) is 5.75 Å². The summed E-state index contributed by atoms with van der Waals surface area (Å²) in [5.74, 6) is -9.52. The zero-order chi connectivity index (χ0) is 21.5. The van der Waals surface area contributed by atoms with Gasteiger partial charge in [-0.15, -0.1) is 0 Å². The van der Waals surface area contributed by atoms with Gasteiger partial charge in [0.05, 0.1) is 0 Å². The van der Waals surface area contributed by atoms with Crippen LogP contribution in [0.25, 0.3) is 0 Å². The Bertz CT molecular complexity index is 685. The molecule has 1 rings (SSSR count). The maximum absolute atomic E-state index is 13.8. The van der Waals surface area contributed by atoms with Crippen molar-refractivity contribution in [1.82, 2.24) is 5.32 Å². The van der Waals surface area contributed by atoms with Crippen molar-refractivity contribution in [2.75, 3.05) is 6.54 Å². The normalized spacial score (nSPS) is 11.4. The third kappa shape index (κ3) is 7.48. The number of benzene rings is 1. The van der Waals surface area contributed by atoms with Crippen LogP contribution in [0.2, 0.25) is 0 Å². The van der Waals surface area contributed by atoms with Gasteiger partial charge >= 0.3 is 5.97 Å². The second kappa shape index (κ2) is 10.4. The summed E-state index contributed by atoms with van der Waals surface area (Å²) in [5, 5.41) is 2.73. The zero-order valence-corrected chi connectivity index (χ0v) is 16.7. The van der Waals surface area contributed by atoms with Crippen LogP contribution in [-0.4, -0.2) is 18.4 Å². The Kier molecular flexibility index (Phi) is 8.91. The third-order valence-electron chi connectivity index (χ3n) is 4.12. The topological polar surface area (TPSA) is 55.4 Å². The first-order chi connectivity index (χ1) is 12.9. The highest BCUT2D eigenvalue weighted by Gasteiger charge is 2.26. The van der Waals surface area contributed by atoms with E-state index in [1.807, 2.05) is 0 Å². The lowest BCUT2D eigenvalue weighted by atomic mass is 9.90. The lowest BCUT2D eigenvalue weighted by Gasteiger charge is -2.17. The molecule has 0 saturated heterocycles. The molecule has 1 N–H and O–H groups in total. The monoisotopic (exact) mass is 405 g/mol. The van der Waals surface area contributed by atoms with Crippen LogP contribution in [0, 0.1) is 35.6 Å². The van der Waals surface area contributed by atoms with Gasteiger partial charge < -0.3 is 10.1 Å². The Morgan fingerprint density at radius 2 is 1.54 bits per heavy atom. The molecule has 1 amide bonds. The molecule has 1 aromatic rings. The number of esters is 1. The number of nitrogens with one attached hydrogen (secondary N) is 1. The predicted molar refractivity (Wildman–Crippen MR) is 96.8 cm³/mol. The number of halogens is 4. The molecule has 0 aliphatic rings. The predicted octanol–water partition coefficient (Wildman–Crippen LogP) is 4.96. The first-order valence-corrected chi connectivity index (χ1v) is 9.24. The summed E-state index contributed by atoms with van der Waals surface area (Å²) in [4.78, 5) is 23.4. The van der Waals surface area contributed by atoms with Crippen molar-refractivity contribution >= 4 is 11.9 Å². The van der Waals surface area contributed by atoms with Crippen molar-refractivity contribution in [3.63, 3.8) is 0 Å². The van der Waals surface area contributed by atoms with Gasteiger partial charge in [-0.3, -0.25) is 9.59 Å². The highest BCUT2D eigenvalue weighted by molar-refractivity contribution is 5.77. The van der Waals surface area contributed by atoms with Crippen LogP contribution in [0.5, 0.6) is 5.75 Å². The van der Waals surface area contributed by atoms with Crippen molar-refractivity contribution in [1.29, 1.82) is 0 Å². The van der Waals surface area contributed by atoms with Crippen molar-refractivity contribution in [2.24, 2.45) is 5.41 Å². The molecule has 8 heteroatoms. The minimum Gasteiger partial charge on any atom is -0.420 e. The standard InChI is InChI=1S/C20H27F4NO3/c1-12-15(21)17(23)18(24)19(16(12)22)28-14(27)9-7-8-13(26)25-11-6-5-10-20(2,3)4/h5-11H2,1-4H3,(H,25,26). The molecule has 0 saturated carbocycles. The molecule has 0 spiro atoms. The van der Waals surface area contributed by atoms with E-state index in [2.05, 4.69) is 30.8 Å². The van der Waals surface area contributed by atoms with Crippen molar-refractivity contribution < 1.29 is 31.9 Å². The van der Waals surface area contributed by atoms with Crippen LogP contribution >= 0.6 is 0 Å². The van der Waals surface area contributed by atoms with Crippen LogP contribution < -0.4 is 10.1 Å². The fourth-order valence-corrected chi connectivity index (χ4v) is 2.47. The molecule has 1 aromatic carbocycles. The molecule has 0 unspecified atom stereocenters. The first kappa shape index (κ1) is 23.9. The van der Waals surface area contributed by atoms with Gasteiger partial charge in [-0.25, -0.2) is 13.2 Å². The Balaban J connectivity index is 2.37. The van der Waals surface area contributed by atoms with Gasteiger partial charge in [-0.05, 0) is 31.6 Å². The fraction of sp³-hybridized carbons (Fsp3) is 0.600. The highest BCUT2D eigenvalue weighted by Crippen LogP contribution is 2.30. The van der Waals surface area contributed by atoms with E-state index >= 15 is 0 Å². The Morgan fingerprint density at radius 3 is 2.14 bits per heavy atom. The summed E-state index contributed by atoms with van der Waals surface area (Å²) < 4.78 is 58.4. The molecule has 0 fully saturated rings. The molecule has 0 aromatic heterocycles. The van der Waals surface area contributed by atoms with Gasteiger partial charge in [0.15, 0.2) is 17.5 Å². The van der Waals surface area contributed by atoms with E-state index in [0.29, 0.717) is 6.54 Å². The average Bonchev–Trinajstić information content (AvgIpc) is 2.60. The summed E-state index contributed by atoms with van der Waals surface area (Å²) in [6.07, 6.45) is 2.72. The minimum atomic E-state index is -1.91. The van der Waals surface area contributed by atoms with E-state index < -0.39 is 40.6 Å². The first-order valence-electron chi connectivity index (χ1n) is 9.24. The number of carbonyl (C=O) groups excluding carboxylic acids is 2. The summed E-state index contributed by atoms with van der Waals surface area (Å²) in [5.41, 5.74) is -0.539. The summed E-state index contributed by atoms with van der Waals surface area (Å²) >= 11 is 0. The van der Waals surface area contributed by atoms with Crippen LogP contribution in [0.15, 0.2) is 0 Å². The van der Waals surface area contributed by atoms with Gasteiger partial charge in [-0.2, -0.15) is 4.39 Å². The van der Waals surface area contributed by atoms with Gasteiger partial charge in [0, 0.05) is 24.9 Å². The van der Waals surface area contributed by atoms with Gasteiger partial charge in [0.1, 0.15) is 0 Å². The third-order valence-corrected chi connectivity index (χ3v) is 4.12. The lowest BCUT2D eigenvalue weighted by Crippen LogP contribution is -2.24. The Hall–Kier alpha value is -2.12. The minimum absolute atomic E-state index is 0.0378. The van der Waals surface area contributed by atoms with Crippen molar-refractivity contribution in [3.05, 3.63) is 28.8 Å². The Morgan fingerprint density at radius 1 is 0.893 bits per heavy atom. The second-order valence-corrected chi connectivity index (χ2v) is 7.91. The van der Waals surface area contributed by atoms with E-state index in [1.165, 1.54) is 0 Å². The van der Waals surface area contributed by atoms with E-state index in [1.54, 1.807) is 0 Å². The molecule has 28 heavy (non-hydrogen) atoms. The number of hydrogen-bond donors (Lipinski definition) is 1. The van der Waals surface area contributed by atoms with Gasteiger partial charge in [0.25, 0.3) is 0 Å². The highest BCUT2D eigenvalue weighted by atomic mass is 19.2. The number of carbonyl (C=O) groups is 2. The van der Waals surface area contributed by atoms with Gasteiger partial charge in [-0.1, -0.05) is 27.2 Å². The Labute approximate surface area is 162 Å². The van der Waals surface area contributed by atoms with Crippen molar-refractivity contribution in [2.45, 2.75) is 66.2 Å². The van der Waals surface area contributed by atoms with E-state index in [-0.39, 0.29) is 30.6 Å². The quantitative estimate of drug-likeness (QED) is 0.158. The zero-order valence-electron chi connectivity index (χ0n) is 16.7. The molecule has 0 bridgehead atoms. The molecule has 0 aliphatic carbocycles. The van der Waals surface area contributed by atoms with Crippen LogP contribution in [0.3, 0.4) is 0 Å². The average molecular weight is 405 g/mol. The maximum Gasteiger partial charge on any atom is 0.311 e. The summed E-state index contributed by atoms with van der Waals surface area (Å²) in [6, 6.07) is 0. The molecule has 0 radical (unpaired) electrons. The molecule has 0 aliphatic heterocycles. The molecular weight excluding hydrogens is 378 g/mol. The number of hydrogen-bond acceptors (Lipinski definition) is 3. The maximum atomic E-state index is 13.8. The lowest BCUT2D eigenvalue weighted by molar-refractivity contribution is -0.135. The molecular formula is C20H27F4NO3. The van der Waals surface area contributed by atoms with E-state index in [9.17, 15) is 27.2 Å². The van der Waals surface area contributed by atoms with E-state index in [0.717, 1.165) is 26.2 Å². The number of ether oxygens (including phenoxy) is 1. The molecule has 158 valence electrons. The molecule has 4 nitrogen and oxygen atoms in total. The van der Waals surface area contributed by atoms with Crippen LogP contribution in [-0.2, 0) is 9.59 Å². The number of amides is 1. The molecule has 0 heterocycles. The second-order valence-electron chi connectivity index (χ2n) is 7.91. The SMILES string of the molecule is Cc1c(F)c(F)c(F)c(OC(=O)CCCC(=O)NCCCCC(C)(C)C)c1F. The van der Waals surface area contributed by atoms with Crippen LogP contribution in [0.4, 0.5) is 17.6 Å².